The fourth-order valence-electron chi connectivity index (χ4n) is 2.91. The lowest BCUT2D eigenvalue weighted by molar-refractivity contribution is -0.118. The highest BCUT2D eigenvalue weighted by Crippen LogP contribution is 2.33. The highest BCUT2D eigenvalue weighted by molar-refractivity contribution is 6.31. The summed E-state index contributed by atoms with van der Waals surface area (Å²) in [5.74, 6) is -0.926. The molecular weight excluding hydrogens is 338 g/mol. The largest absolute Gasteiger partial charge is 0.325 e. The molecule has 120 valence electrons. The van der Waals surface area contributed by atoms with Crippen LogP contribution in [0.25, 0.3) is 0 Å². The molecule has 0 spiro atoms. The molecule has 1 aliphatic heterocycles. The fourth-order valence-corrected chi connectivity index (χ4v) is 3.28. The van der Waals surface area contributed by atoms with Gasteiger partial charge in [-0.25, -0.2) is 4.39 Å². The molecule has 0 radical (unpaired) electrons. The standard InChI is InChI=1S/C17H15Cl2FN2O/c18-10-3-1-4-11(9-10)22-17(23)16-13(7-8-21-16)12-5-2-6-14(19)15(12)20/h1-6,9,13,16,21H,7-8H2,(H,22,23). The van der Waals surface area contributed by atoms with E-state index in [1.54, 1.807) is 36.4 Å². The summed E-state index contributed by atoms with van der Waals surface area (Å²) in [6.07, 6.45) is 0.672. The van der Waals surface area contributed by atoms with E-state index in [2.05, 4.69) is 10.6 Å². The van der Waals surface area contributed by atoms with Crippen LogP contribution in [0.5, 0.6) is 0 Å². The number of nitrogens with one attached hydrogen (secondary N) is 2. The molecule has 1 aliphatic rings. The molecule has 3 nitrogen and oxygen atoms in total. The number of carbonyl (C=O) groups excluding carboxylic acids is 1. The third kappa shape index (κ3) is 3.50. The normalized spacial score (nSPS) is 20.5. The molecule has 0 aromatic heterocycles. The molecule has 2 aromatic carbocycles. The Morgan fingerprint density at radius 2 is 2.00 bits per heavy atom. The average molecular weight is 353 g/mol. The van der Waals surface area contributed by atoms with Crippen LogP contribution in [-0.2, 0) is 4.79 Å². The summed E-state index contributed by atoms with van der Waals surface area (Å²) in [6.45, 7) is 0.643. The van der Waals surface area contributed by atoms with Gasteiger partial charge in [-0.3, -0.25) is 4.79 Å². The molecule has 1 fully saturated rings. The first-order valence-electron chi connectivity index (χ1n) is 7.30. The number of hydrogen-bond acceptors (Lipinski definition) is 2. The van der Waals surface area contributed by atoms with Gasteiger partial charge in [-0.2, -0.15) is 0 Å². The summed E-state index contributed by atoms with van der Waals surface area (Å²) in [4.78, 5) is 12.5. The predicted molar refractivity (Wildman–Crippen MR) is 90.6 cm³/mol. The second-order valence-electron chi connectivity index (χ2n) is 5.47. The van der Waals surface area contributed by atoms with Crippen LogP contribution in [0.4, 0.5) is 10.1 Å². The van der Waals surface area contributed by atoms with E-state index in [1.165, 1.54) is 6.07 Å². The Morgan fingerprint density at radius 3 is 2.78 bits per heavy atom. The highest BCUT2D eigenvalue weighted by Gasteiger charge is 2.35. The van der Waals surface area contributed by atoms with Crippen LogP contribution in [0, 0.1) is 5.82 Å². The Bertz CT molecular complexity index is 738. The van der Waals surface area contributed by atoms with Crippen molar-refractivity contribution in [2.75, 3.05) is 11.9 Å². The summed E-state index contributed by atoms with van der Waals surface area (Å²) < 4.78 is 14.3. The zero-order chi connectivity index (χ0) is 16.4. The van der Waals surface area contributed by atoms with Crippen molar-refractivity contribution in [2.45, 2.75) is 18.4 Å². The van der Waals surface area contributed by atoms with E-state index in [9.17, 15) is 9.18 Å². The maximum absolute atomic E-state index is 14.3. The lowest BCUT2D eigenvalue weighted by atomic mass is 9.91. The Morgan fingerprint density at radius 1 is 1.22 bits per heavy atom. The third-order valence-corrected chi connectivity index (χ3v) is 4.50. The van der Waals surface area contributed by atoms with Crippen molar-refractivity contribution in [3.05, 3.63) is 63.9 Å². The van der Waals surface area contributed by atoms with Gasteiger partial charge in [0.2, 0.25) is 5.91 Å². The van der Waals surface area contributed by atoms with E-state index in [0.29, 0.717) is 29.2 Å². The molecule has 0 bridgehead atoms. The van der Waals surface area contributed by atoms with Crippen LogP contribution >= 0.6 is 23.2 Å². The molecule has 6 heteroatoms. The van der Waals surface area contributed by atoms with Gasteiger partial charge < -0.3 is 10.6 Å². The van der Waals surface area contributed by atoms with Gasteiger partial charge in [-0.1, -0.05) is 41.4 Å². The molecule has 1 saturated heterocycles. The predicted octanol–water partition coefficient (Wildman–Crippen LogP) is 4.22. The molecule has 1 amide bonds. The van der Waals surface area contributed by atoms with Crippen molar-refractivity contribution in [1.29, 1.82) is 0 Å². The molecule has 0 saturated carbocycles. The van der Waals surface area contributed by atoms with Crippen LogP contribution < -0.4 is 10.6 Å². The molecule has 2 aromatic rings. The molecule has 3 rings (SSSR count). The van der Waals surface area contributed by atoms with E-state index in [4.69, 9.17) is 23.2 Å². The second-order valence-corrected chi connectivity index (χ2v) is 6.31. The first-order valence-corrected chi connectivity index (χ1v) is 8.05. The van der Waals surface area contributed by atoms with Gasteiger partial charge in [0.05, 0.1) is 11.1 Å². The lowest BCUT2D eigenvalue weighted by Crippen LogP contribution is -2.39. The quantitative estimate of drug-likeness (QED) is 0.868. The minimum atomic E-state index is -0.512. The van der Waals surface area contributed by atoms with E-state index >= 15 is 0 Å². The van der Waals surface area contributed by atoms with Crippen molar-refractivity contribution < 1.29 is 9.18 Å². The van der Waals surface area contributed by atoms with Gasteiger partial charge in [-0.15, -0.1) is 0 Å². The van der Waals surface area contributed by atoms with Crippen molar-refractivity contribution in [3.63, 3.8) is 0 Å². The minimum absolute atomic E-state index is 0.0726. The fraction of sp³-hybridized carbons (Fsp3) is 0.235. The zero-order valence-electron chi connectivity index (χ0n) is 12.2. The van der Waals surface area contributed by atoms with Crippen LogP contribution in [-0.4, -0.2) is 18.5 Å². The molecular formula is C17H15Cl2FN2O. The summed E-state index contributed by atoms with van der Waals surface area (Å²) in [6, 6.07) is 11.3. The van der Waals surface area contributed by atoms with Gasteiger partial charge in [0.1, 0.15) is 5.82 Å². The van der Waals surface area contributed by atoms with Crippen LogP contribution in [0.2, 0.25) is 10.0 Å². The Balaban J connectivity index is 1.81. The summed E-state index contributed by atoms with van der Waals surface area (Å²) in [7, 11) is 0. The SMILES string of the molecule is O=C(Nc1cccc(Cl)c1)C1NCCC1c1cccc(Cl)c1F. The topological polar surface area (TPSA) is 41.1 Å². The number of benzene rings is 2. The van der Waals surface area contributed by atoms with Gasteiger partial charge in [0.15, 0.2) is 0 Å². The molecule has 1 heterocycles. The maximum atomic E-state index is 14.3. The second kappa shape index (κ2) is 6.87. The molecule has 2 N–H and O–H groups in total. The molecule has 2 unspecified atom stereocenters. The third-order valence-electron chi connectivity index (χ3n) is 3.98. The summed E-state index contributed by atoms with van der Waals surface area (Å²) >= 11 is 11.8. The van der Waals surface area contributed by atoms with E-state index in [0.717, 1.165) is 0 Å². The number of anilines is 1. The van der Waals surface area contributed by atoms with E-state index in [-0.39, 0.29) is 16.8 Å². The Kier molecular flexibility index (Phi) is 4.85. The van der Waals surface area contributed by atoms with Crippen molar-refractivity contribution in [1.82, 2.24) is 5.32 Å². The number of hydrogen-bond donors (Lipinski definition) is 2. The smallest absolute Gasteiger partial charge is 0.242 e. The maximum Gasteiger partial charge on any atom is 0.242 e. The zero-order valence-corrected chi connectivity index (χ0v) is 13.7. The van der Waals surface area contributed by atoms with Gasteiger partial charge in [-0.05, 0) is 42.8 Å². The van der Waals surface area contributed by atoms with Gasteiger partial charge in [0, 0.05) is 16.6 Å². The number of amides is 1. The van der Waals surface area contributed by atoms with Gasteiger partial charge in [0.25, 0.3) is 0 Å². The first-order chi connectivity index (χ1) is 11.1. The number of rotatable bonds is 3. The first kappa shape index (κ1) is 16.2. The summed E-state index contributed by atoms with van der Waals surface area (Å²) in [5, 5.41) is 6.56. The van der Waals surface area contributed by atoms with Crippen LogP contribution in [0.3, 0.4) is 0 Å². The molecule has 2 atom stereocenters. The van der Waals surface area contributed by atoms with Crippen molar-refractivity contribution >= 4 is 34.8 Å². The van der Waals surface area contributed by atoms with Crippen LogP contribution in [0.15, 0.2) is 42.5 Å². The van der Waals surface area contributed by atoms with Crippen molar-refractivity contribution in [3.8, 4) is 0 Å². The Labute approximate surface area is 143 Å². The minimum Gasteiger partial charge on any atom is -0.325 e. The summed E-state index contributed by atoms with van der Waals surface area (Å²) in [5.41, 5.74) is 1.08. The number of halogens is 3. The average Bonchev–Trinajstić information content (AvgIpc) is 2.99. The monoisotopic (exact) mass is 352 g/mol. The highest BCUT2D eigenvalue weighted by atomic mass is 35.5. The molecule has 23 heavy (non-hydrogen) atoms. The van der Waals surface area contributed by atoms with E-state index < -0.39 is 11.9 Å². The van der Waals surface area contributed by atoms with Crippen LogP contribution in [0.1, 0.15) is 17.9 Å². The lowest BCUT2D eigenvalue weighted by Gasteiger charge is -2.20. The van der Waals surface area contributed by atoms with Gasteiger partial charge >= 0.3 is 0 Å². The van der Waals surface area contributed by atoms with E-state index in [1.807, 2.05) is 0 Å². The number of carbonyl (C=O) groups is 1. The molecule has 0 aliphatic carbocycles. The van der Waals surface area contributed by atoms with Crippen molar-refractivity contribution in [2.24, 2.45) is 0 Å². The Hall–Kier alpha value is -1.62.